The number of rotatable bonds is 2. The van der Waals surface area contributed by atoms with Crippen molar-refractivity contribution in [3.8, 4) is 11.4 Å². The number of H-pyrrole nitrogens is 1. The summed E-state index contributed by atoms with van der Waals surface area (Å²) in [7, 11) is 0. The van der Waals surface area contributed by atoms with E-state index >= 15 is 0 Å². The number of nitrogens with two attached hydrogens (primary N) is 1. The molecule has 1 heterocycles. The minimum Gasteiger partial charge on any atom is -0.398 e. The molecule has 0 amide bonds. The molecule has 4 nitrogen and oxygen atoms in total. The van der Waals surface area contributed by atoms with E-state index in [1.165, 1.54) is 0 Å². The van der Waals surface area contributed by atoms with E-state index in [4.69, 9.17) is 5.73 Å². The molecule has 1 aromatic heterocycles. The van der Waals surface area contributed by atoms with E-state index < -0.39 is 11.6 Å². The van der Waals surface area contributed by atoms with Crippen molar-refractivity contribution in [2.45, 2.75) is 13.3 Å². The topological polar surface area (TPSA) is 67.6 Å². The molecule has 0 saturated heterocycles. The Hall–Kier alpha value is -1.98. The Morgan fingerprint density at radius 1 is 1.31 bits per heavy atom. The third-order valence-electron chi connectivity index (χ3n) is 2.20. The fraction of sp³-hybridized carbons (Fsp3) is 0.200. The van der Waals surface area contributed by atoms with Gasteiger partial charge in [0, 0.05) is 23.7 Å². The van der Waals surface area contributed by atoms with Crippen LogP contribution in [-0.4, -0.2) is 15.2 Å². The number of anilines is 1. The molecule has 1 aromatic carbocycles. The second-order valence-corrected chi connectivity index (χ2v) is 3.31. The minimum atomic E-state index is -0.979. The summed E-state index contributed by atoms with van der Waals surface area (Å²) < 4.78 is 25.9. The molecule has 16 heavy (non-hydrogen) atoms. The monoisotopic (exact) mass is 224 g/mol. The Morgan fingerprint density at radius 2 is 2.00 bits per heavy atom. The fourth-order valence-corrected chi connectivity index (χ4v) is 1.33. The number of halogens is 2. The van der Waals surface area contributed by atoms with Crippen LogP contribution < -0.4 is 5.73 Å². The SMILES string of the molecule is CCc1nc(-c2cc(F)c(F)cc2N)n[nH]1. The molecule has 2 rings (SSSR count). The van der Waals surface area contributed by atoms with Gasteiger partial charge in [-0.2, -0.15) is 5.10 Å². The number of nitrogens with one attached hydrogen (secondary N) is 1. The van der Waals surface area contributed by atoms with Crippen LogP contribution in [0.15, 0.2) is 12.1 Å². The molecule has 84 valence electrons. The molecule has 0 fully saturated rings. The van der Waals surface area contributed by atoms with Crippen LogP contribution in [0.3, 0.4) is 0 Å². The van der Waals surface area contributed by atoms with Gasteiger partial charge >= 0.3 is 0 Å². The number of hydrogen-bond donors (Lipinski definition) is 2. The lowest BCUT2D eigenvalue weighted by Crippen LogP contribution is -1.95. The first-order chi connectivity index (χ1) is 7.61. The normalized spacial score (nSPS) is 10.7. The molecule has 0 bridgehead atoms. The van der Waals surface area contributed by atoms with Crippen LogP contribution >= 0.6 is 0 Å². The molecule has 0 spiro atoms. The summed E-state index contributed by atoms with van der Waals surface area (Å²) in [6.07, 6.45) is 0.677. The van der Waals surface area contributed by atoms with Gasteiger partial charge in [-0.05, 0) is 6.07 Å². The van der Waals surface area contributed by atoms with Crippen molar-refractivity contribution in [2.75, 3.05) is 5.73 Å². The summed E-state index contributed by atoms with van der Waals surface area (Å²) in [5.74, 6) is -1.01. The van der Waals surface area contributed by atoms with E-state index in [-0.39, 0.29) is 17.1 Å². The molecule has 0 aliphatic rings. The number of hydrogen-bond acceptors (Lipinski definition) is 3. The van der Waals surface area contributed by atoms with Crippen molar-refractivity contribution in [3.63, 3.8) is 0 Å². The van der Waals surface area contributed by atoms with Crippen LogP contribution in [0.2, 0.25) is 0 Å². The quantitative estimate of drug-likeness (QED) is 0.765. The van der Waals surface area contributed by atoms with Gasteiger partial charge in [0.15, 0.2) is 17.5 Å². The van der Waals surface area contributed by atoms with Crippen LogP contribution in [0.4, 0.5) is 14.5 Å². The van der Waals surface area contributed by atoms with Crippen LogP contribution in [0, 0.1) is 11.6 Å². The molecule has 0 atom stereocenters. The maximum atomic E-state index is 13.0. The largest absolute Gasteiger partial charge is 0.398 e. The highest BCUT2D eigenvalue weighted by Crippen LogP contribution is 2.25. The Kier molecular flexibility index (Phi) is 2.55. The predicted octanol–water partition coefficient (Wildman–Crippen LogP) is 1.89. The molecule has 0 saturated carbocycles. The van der Waals surface area contributed by atoms with Crippen molar-refractivity contribution >= 4 is 5.69 Å². The third kappa shape index (κ3) is 1.73. The molecule has 0 radical (unpaired) electrons. The van der Waals surface area contributed by atoms with Crippen molar-refractivity contribution in [2.24, 2.45) is 0 Å². The van der Waals surface area contributed by atoms with Crippen molar-refractivity contribution in [1.82, 2.24) is 15.2 Å². The Labute approximate surface area is 90.5 Å². The van der Waals surface area contributed by atoms with Gasteiger partial charge in [0.05, 0.1) is 0 Å². The number of aromatic amines is 1. The van der Waals surface area contributed by atoms with Gasteiger partial charge in [-0.15, -0.1) is 0 Å². The van der Waals surface area contributed by atoms with Gasteiger partial charge in [0.2, 0.25) is 0 Å². The van der Waals surface area contributed by atoms with E-state index in [2.05, 4.69) is 15.2 Å². The number of benzene rings is 1. The zero-order valence-electron chi connectivity index (χ0n) is 8.59. The van der Waals surface area contributed by atoms with Gasteiger partial charge in [-0.1, -0.05) is 6.92 Å². The smallest absolute Gasteiger partial charge is 0.183 e. The van der Waals surface area contributed by atoms with E-state index in [0.717, 1.165) is 12.1 Å². The molecular formula is C10H10F2N4. The zero-order valence-corrected chi connectivity index (χ0v) is 8.59. The average Bonchev–Trinajstić information content (AvgIpc) is 2.71. The van der Waals surface area contributed by atoms with E-state index in [1.54, 1.807) is 0 Å². The molecular weight excluding hydrogens is 214 g/mol. The lowest BCUT2D eigenvalue weighted by molar-refractivity contribution is 0.509. The molecule has 0 aliphatic carbocycles. The molecule has 6 heteroatoms. The first kappa shape index (κ1) is 10.5. The van der Waals surface area contributed by atoms with Crippen LogP contribution in [0.5, 0.6) is 0 Å². The highest BCUT2D eigenvalue weighted by atomic mass is 19.2. The standard InChI is InChI=1S/C10H10F2N4/c1-2-9-14-10(16-15-9)5-3-6(11)7(12)4-8(5)13/h3-4H,2,13H2,1H3,(H,14,15,16). The van der Waals surface area contributed by atoms with E-state index in [0.29, 0.717) is 12.2 Å². The van der Waals surface area contributed by atoms with Gasteiger partial charge in [-0.25, -0.2) is 13.8 Å². The summed E-state index contributed by atoms with van der Waals surface area (Å²) >= 11 is 0. The second kappa shape index (κ2) is 3.88. The first-order valence-electron chi connectivity index (χ1n) is 4.78. The lowest BCUT2D eigenvalue weighted by Gasteiger charge is -2.02. The second-order valence-electron chi connectivity index (χ2n) is 3.31. The van der Waals surface area contributed by atoms with Gasteiger partial charge in [-0.3, -0.25) is 5.10 Å². The van der Waals surface area contributed by atoms with Gasteiger partial charge in [0.1, 0.15) is 5.82 Å². The minimum absolute atomic E-state index is 0.112. The zero-order chi connectivity index (χ0) is 11.7. The summed E-state index contributed by atoms with van der Waals surface area (Å²) in [6, 6.07) is 1.92. The van der Waals surface area contributed by atoms with Gasteiger partial charge < -0.3 is 5.73 Å². The average molecular weight is 224 g/mol. The molecule has 0 aliphatic heterocycles. The number of aromatic nitrogens is 3. The fourth-order valence-electron chi connectivity index (χ4n) is 1.33. The summed E-state index contributed by atoms with van der Waals surface area (Å²) in [5, 5.41) is 6.57. The number of aryl methyl sites for hydroxylation is 1. The van der Waals surface area contributed by atoms with Crippen LogP contribution in [-0.2, 0) is 6.42 Å². The predicted molar refractivity (Wildman–Crippen MR) is 55.5 cm³/mol. The molecule has 2 aromatic rings. The van der Waals surface area contributed by atoms with Crippen molar-refractivity contribution in [1.29, 1.82) is 0 Å². The highest BCUT2D eigenvalue weighted by Gasteiger charge is 2.13. The Balaban J connectivity index is 2.51. The molecule has 3 N–H and O–H groups in total. The summed E-state index contributed by atoms with van der Waals surface area (Å²) in [5.41, 5.74) is 5.97. The highest BCUT2D eigenvalue weighted by molar-refractivity contribution is 5.71. The Bertz CT molecular complexity index is 522. The Morgan fingerprint density at radius 3 is 2.62 bits per heavy atom. The number of nitrogens with zero attached hydrogens (tertiary/aromatic N) is 2. The third-order valence-corrected chi connectivity index (χ3v) is 2.20. The number of nitrogen functional groups attached to an aromatic ring is 1. The maximum absolute atomic E-state index is 13.0. The van der Waals surface area contributed by atoms with E-state index in [9.17, 15) is 8.78 Å². The maximum Gasteiger partial charge on any atom is 0.183 e. The van der Waals surface area contributed by atoms with Crippen molar-refractivity contribution in [3.05, 3.63) is 29.6 Å². The van der Waals surface area contributed by atoms with Crippen LogP contribution in [0.1, 0.15) is 12.7 Å². The lowest BCUT2D eigenvalue weighted by atomic mass is 10.1. The first-order valence-corrected chi connectivity index (χ1v) is 4.78. The summed E-state index contributed by atoms with van der Waals surface area (Å²) in [4.78, 5) is 4.09. The van der Waals surface area contributed by atoms with Crippen LogP contribution in [0.25, 0.3) is 11.4 Å². The van der Waals surface area contributed by atoms with E-state index in [1.807, 2.05) is 6.92 Å². The van der Waals surface area contributed by atoms with Gasteiger partial charge in [0.25, 0.3) is 0 Å². The van der Waals surface area contributed by atoms with Crippen molar-refractivity contribution < 1.29 is 8.78 Å². The molecule has 0 unspecified atom stereocenters. The summed E-state index contributed by atoms with van der Waals surface area (Å²) in [6.45, 7) is 1.90.